The Morgan fingerprint density at radius 2 is 2.11 bits per heavy atom. The van der Waals surface area contributed by atoms with E-state index in [9.17, 15) is 4.79 Å². The maximum atomic E-state index is 12.6. The molecule has 0 saturated heterocycles. The van der Waals surface area contributed by atoms with Gasteiger partial charge in [-0.2, -0.15) is 0 Å². The molecule has 0 spiro atoms. The molecule has 0 aromatic carbocycles. The molecule has 18 heavy (non-hydrogen) atoms. The summed E-state index contributed by atoms with van der Waals surface area (Å²) in [6.07, 6.45) is 3.53. The number of aliphatic hydroxyl groups is 1. The molecule has 0 aliphatic heterocycles. The quantitative estimate of drug-likeness (QED) is 0.780. The molecule has 0 bridgehead atoms. The van der Waals surface area contributed by atoms with Crippen LogP contribution in [0.25, 0.3) is 0 Å². The van der Waals surface area contributed by atoms with Crippen LogP contribution in [0.3, 0.4) is 0 Å². The van der Waals surface area contributed by atoms with Crippen molar-refractivity contribution in [1.29, 1.82) is 0 Å². The Morgan fingerprint density at radius 3 is 2.67 bits per heavy atom. The van der Waals surface area contributed by atoms with Gasteiger partial charge < -0.3 is 15.7 Å². The highest BCUT2D eigenvalue weighted by molar-refractivity contribution is 5.79. The first-order chi connectivity index (χ1) is 8.47. The van der Waals surface area contributed by atoms with Crippen LogP contribution in [-0.2, 0) is 4.79 Å². The second-order valence-corrected chi connectivity index (χ2v) is 5.86. The van der Waals surface area contributed by atoms with Crippen molar-refractivity contribution in [2.75, 3.05) is 13.2 Å². The van der Waals surface area contributed by atoms with E-state index in [0.717, 1.165) is 19.3 Å². The minimum atomic E-state index is 0.0647. The molecule has 106 valence electrons. The van der Waals surface area contributed by atoms with E-state index in [4.69, 9.17) is 10.8 Å². The van der Waals surface area contributed by atoms with Gasteiger partial charge in [0.1, 0.15) is 0 Å². The summed E-state index contributed by atoms with van der Waals surface area (Å²) in [6, 6.07) is 0.358. The van der Waals surface area contributed by atoms with E-state index in [-0.39, 0.29) is 30.5 Å². The molecule has 3 unspecified atom stereocenters. The van der Waals surface area contributed by atoms with Gasteiger partial charge in [0.2, 0.25) is 5.91 Å². The molecule has 1 aliphatic rings. The zero-order valence-corrected chi connectivity index (χ0v) is 11.9. The van der Waals surface area contributed by atoms with Crippen LogP contribution in [0.2, 0.25) is 0 Å². The molecule has 1 fully saturated rings. The number of rotatable bonds is 5. The van der Waals surface area contributed by atoms with Crippen molar-refractivity contribution in [3.8, 4) is 0 Å². The Kier molecular flexibility index (Phi) is 6.09. The van der Waals surface area contributed by atoms with Gasteiger partial charge in [-0.15, -0.1) is 0 Å². The Morgan fingerprint density at radius 1 is 1.44 bits per heavy atom. The second-order valence-electron chi connectivity index (χ2n) is 5.86. The number of hydrogen-bond donors (Lipinski definition) is 2. The van der Waals surface area contributed by atoms with E-state index < -0.39 is 0 Å². The highest BCUT2D eigenvalue weighted by Gasteiger charge is 2.34. The fourth-order valence-corrected chi connectivity index (χ4v) is 2.78. The van der Waals surface area contributed by atoms with Crippen molar-refractivity contribution < 1.29 is 9.90 Å². The van der Waals surface area contributed by atoms with Gasteiger partial charge in [-0.05, 0) is 45.4 Å². The fourth-order valence-electron chi connectivity index (χ4n) is 2.78. The third kappa shape index (κ3) is 3.95. The van der Waals surface area contributed by atoms with E-state index in [1.165, 1.54) is 0 Å². The summed E-state index contributed by atoms with van der Waals surface area (Å²) >= 11 is 0. The summed E-state index contributed by atoms with van der Waals surface area (Å²) in [5.41, 5.74) is 5.99. The van der Waals surface area contributed by atoms with Crippen molar-refractivity contribution in [3.05, 3.63) is 0 Å². The molecule has 1 amide bonds. The Balaban J connectivity index is 2.68. The molecule has 0 radical (unpaired) electrons. The lowest BCUT2D eigenvalue weighted by Gasteiger charge is -2.37. The van der Waals surface area contributed by atoms with Gasteiger partial charge in [-0.3, -0.25) is 4.79 Å². The van der Waals surface area contributed by atoms with Crippen LogP contribution in [0.4, 0.5) is 0 Å². The number of carbonyl (C=O) groups excluding carboxylic acids is 1. The van der Waals surface area contributed by atoms with Crippen LogP contribution in [-0.4, -0.2) is 41.1 Å². The van der Waals surface area contributed by atoms with Crippen molar-refractivity contribution in [2.24, 2.45) is 17.6 Å². The summed E-state index contributed by atoms with van der Waals surface area (Å²) in [7, 11) is 0. The van der Waals surface area contributed by atoms with Gasteiger partial charge in [0.05, 0.1) is 0 Å². The summed E-state index contributed by atoms with van der Waals surface area (Å²) in [5, 5.41) is 8.93. The lowest BCUT2D eigenvalue weighted by Crippen LogP contribution is -2.46. The number of carbonyl (C=O) groups is 1. The number of hydrogen-bond acceptors (Lipinski definition) is 3. The zero-order valence-electron chi connectivity index (χ0n) is 11.9. The van der Waals surface area contributed by atoms with Gasteiger partial charge in [-0.25, -0.2) is 0 Å². The summed E-state index contributed by atoms with van der Waals surface area (Å²) in [4.78, 5) is 14.5. The maximum absolute atomic E-state index is 12.6. The molecule has 0 aromatic heterocycles. The normalized spacial score (nSPS) is 28.4. The highest BCUT2D eigenvalue weighted by atomic mass is 16.3. The van der Waals surface area contributed by atoms with Gasteiger partial charge in [0.15, 0.2) is 0 Å². The van der Waals surface area contributed by atoms with Crippen LogP contribution < -0.4 is 5.73 Å². The summed E-state index contributed by atoms with van der Waals surface area (Å²) in [5.74, 6) is 0.712. The van der Waals surface area contributed by atoms with Gasteiger partial charge in [-0.1, -0.05) is 6.92 Å². The molecule has 3 atom stereocenters. The molecular formula is C14H28N2O2. The zero-order chi connectivity index (χ0) is 13.7. The average molecular weight is 256 g/mol. The van der Waals surface area contributed by atoms with Crippen LogP contribution >= 0.6 is 0 Å². The maximum Gasteiger partial charge on any atom is 0.226 e. The second kappa shape index (κ2) is 7.10. The topological polar surface area (TPSA) is 66.6 Å². The third-order valence-electron chi connectivity index (χ3n) is 4.02. The first-order valence-corrected chi connectivity index (χ1v) is 7.14. The average Bonchev–Trinajstić information content (AvgIpc) is 2.32. The van der Waals surface area contributed by atoms with Crippen molar-refractivity contribution >= 4 is 5.91 Å². The number of aliphatic hydroxyl groups excluding tert-OH is 1. The Bertz CT molecular complexity index is 269. The van der Waals surface area contributed by atoms with Gasteiger partial charge in [0.25, 0.3) is 0 Å². The molecule has 3 N–H and O–H groups in total. The molecular weight excluding hydrogens is 228 g/mol. The molecule has 0 aromatic rings. The van der Waals surface area contributed by atoms with Crippen LogP contribution in [0.5, 0.6) is 0 Å². The predicted molar refractivity (Wildman–Crippen MR) is 73.0 cm³/mol. The number of nitrogens with two attached hydrogens (primary N) is 1. The van der Waals surface area contributed by atoms with E-state index in [1.54, 1.807) is 0 Å². The van der Waals surface area contributed by atoms with Crippen LogP contribution in [0, 0.1) is 11.8 Å². The minimum absolute atomic E-state index is 0.0647. The minimum Gasteiger partial charge on any atom is -0.396 e. The Hall–Kier alpha value is -0.610. The smallest absolute Gasteiger partial charge is 0.226 e. The monoisotopic (exact) mass is 256 g/mol. The van der Waals surface area contributed by atoms with Crippen molar-refractivity contribution in [2.45, 2.75) is 58.5 Å². The predicted octanol–water partition coefficient (Wildman–Crippen LogP) is 1.37. The fraction of sp³-hybridized carbons (Fsp3) is 0.929. The third-order valence-corrected chi connectivity index (χ3v) is 4.02. The lowest BCUT2D eigenvalue weighted by atomic mass is 9.77. The summed E-state index contributed by atoms with van der Waals surface area (Å²) in [6.45, 7) is 6.99. The SMILES string of the molecule is CC1CCC(N)CC1C(=O)N(CCCO)C(C)C. The molecule has 4 heteroatoms. The van der Waals surface area contributed by atoms with Crippen LogP contribution in [0.1, 0.15) is 46.5 Å². The van der Waals surface area contributed by atoms with Crippen molar-refractivity contribution in [1.82, 2.24) is 4.90 Å². The van der Waals surface area contributed by atoms with E-state index >= 15 is 0 Å². The lowest BCUT2D eigenvalue weighted by molar-refractivity contribution is -0.140. The molecule has 0 heterocycles. The van der Waals surface area contributed by atoms with E-state index in [2.05, 4.69) is 6.92 Å². The standard InChI is InChI=1S/C14H28N2O2/c1-10(2)16(7-4-8-17)14(18)13-9-12(15)6-5-11(13)3/h10-13,17H,4-9,15H2,1-3H3. The first kappa shape index (κ1) is 15.4. The van der Waals surface area contributed by atoms with Crippen LogP contribution in [0.15, 0.2) is 0 Å². The van der Waals surface area contributed by atoms with Gasteiger partial charge in [0, 0.05) is 31.2 Å². The van der Waals surface area contributed by atoms with E-state index in [1.807, 2.05) is 18.7 Å². The largest absolute Gasteiger partial charge is 0.396 e. The number of nitrogens with zero attached hydrogens (tertiary/aromatic N) is 1. The number of amides is 1. The highest BCUT2D eigenvalue weighted by Crippen LogP contribution is 2.31. The van der Waals surface area contributed by atoms with E-state index in [0.29, 0.717) is 18.9 Å². The Labute approximate surface area is 111 Å². The van der Waals surface area contributed by atoms with Gasteiger partial charge >= 0.3 is 0 Å². The molecule has 1 rings (SSSR count). The summed E-state index contributed by atoms with van der Waals surface area (Å²) < 4.78 is 0. The van der Waals surface area contributed by atoms with Crippen molar-refractivity contribution in [3.63, 3.8) is 0 Å². The molecule has 1 saturated carbocycles. The molecule has 4 nitrogen and oxygen atoms in total. The molecule has 1 aliphatic carbocycles. The first-order valence-electron chi connectivity index (χ1n) is 7.14.